The Morgan fingerprint density at radius 1 is 1.25 bits per heavy atom. The van der Waals surface area contributed by atoms with Gasteiger partial charge >= 0.3 is 6.18 Å². The van der Waals surface area contributed by atoms with E-state index in [9.17, 15) is 18.3 Å². The first kappa shape index (κ1) is 15.9. The standard InChI is InChI=1S/C14H15Cl2F3O/c15-11-4-1-5-12(16)10(11)8-13(20)6-2-3-9(7-13)14(17,18)19/h1,4-5,9,20H,2-3,6-8H2. The molecule has 0 spiro atoms. The van der Waals surface area contributed by atoms with Gasteiger partial charge in [0.1, 0.15) is 0 Å². The van der Waals surface area contributed by atoms with Crippen molar-refractivity contribution in [2.45, 2.75) is 43.9 Å². The van der Waals surface area contributed by atoms with Crippen LogP contribution >= 0.6 is 23.2 Å². The quantitative estimate of drug-likeness (QED) is 0.809. The van der Waals surface area contributed by atoms with Gasteiger partial charge in [-0.2, -0.15) is 13.2 Å². The van der Waals surface area contributed by atoms with E-state index in [0.717, 1.165) is 0 Å². The average molecular weight is 327 g/mol. The molecule has 0 radical (unpaired) electrons. The van der Waals surface area contributed by atoms with Gasteiger partial charge < -0.3 is 5.11 Å². The van der Waals surface area contributed by atoms with Crippen molar-refractivity contribution >= 4 is 23.2 Å². The highest BCUT2D eigenvalue weighted by Crippen LogP contribution is 2.44. The number of hydrogen-bond donors (Lipinski definition) is 1. The highest BCUT2D eigenvalue weighted by Gasteiger charge is 2.47. The zero-order valence-corrected chi connectivity index (χ0v) is 12.2. The first-order valence-electron chi connectivity index (χ1n) is 6.43. The summed E-state index contributed by atoms with van der Waals surface area (Å²) in [5, 5.41) is 11.2. The molecular weight excluding hydrogens is 312 g/mol. The molecular formula is C14H15Cl2F3O. The minimum absolute atomic E-state index is 0.0537. The number of benzene rings is 1. The second kappa shape index (κ2) is 5.74. The van der Waals surface area contributed by atoms with Gasteiger partial charge in [-0.1, -0.05) is 29.3 Å². The lowest BCUT2D eigenvalue weighted by atomic mass is 9.75. The molecule has 1 aliphatic carbocycles. The van der Waals surface area contributed by atoms with E-state index >= 15 is 0 Å². The molecule has 1 aromatic rings. The van der Waals surface area contributed by atoms with E-state index in [1.165, 1.54) is 0 Å². The van der Waals surface area contributed by atoms with Crippen molar-refractivity contribution in [1.82, 2.24) is 0 Å². The van der Waals surface area contributed by atoms with Crippen molar-refractivity contribution in [2.75, 3.05) is 0 Å². The zero-order valence-electron chi connectivity index (χ0n) is 10.7. The Hall–Kier alpha value is -0.450. The van der Waals surface area contributed by atoms with E-state index in [1.807, 2.05) is 0 Å². The van der Waals surface area contributed by atoms with Crippen LogP contribution in [-0.4, -0.2) is 16.9 Å². The van der Waals surface area contributed by atoms with Crippen molar-refractivity contribution in [2.24, 2.45) is 5.92 Å². The fraction of sp³-hybridized carbons (Fsp3) is 0.571. The third-order valence-electron chi connectivity index (χ3n) is 3.85. The second-order valence-electron chi connectivity index (χ2n) is 5.44. The Bertz CT molecular complexity index is 470. The van der Waals surface area contributed by atoms with Gasteiger partial charge in [0.05, 0.1) is 11.5 Å². The van der Waals surface area contributed by atoms with Crippen LogP contribution in [0.25, 0.3) is 0 Å². The van der Waals surface area contributed by atoms with Crippen molar-refractivity contribution in [3.05, 3.63) is 33.8 Å². The monoisotopic (exact) mass is 326 g/mol. The van der Waals surface area contributed by atoms with Gasteiger partial charge in [-0.15, -0.1) is 0 Å². The van der Waals surface area contributed by atoms with Crippen molar-refractivity contribution in [1.29, 1.82) is 0 Å². The van der Waals surface area contributed by atoms with Gasteiger partial charge in [-0.25, -0.2) is 0 Å². The molecule has 0 heterocycles. The minimum Gasteiger partial charge on any atom is -0.390 e. The molecule has 2 atom stereocenters. The van der Waals surface area contributed by atoms with Gasteiger partial charge in [-0.05, 0) is 43.4 Å². The summed E-state index contributed by atoms with van der Waals surface area (Å²) in [7, 11) is 0. The highest BCUT2D eigenvalue weighted by atomic mass is 35.5. The average Bonchev–Trinajstić information content (AvgIpc) is 2.33. The predicted octanol–water partition coefficient (Wildman–Crippen LogP) is 5.02. The molecule has 0 amide bonds. The maximum Gasteiger partial charge on any atom is 0.391 e. The van der Waals surface area contributed by atoms with Crippen LogP contribution in [-0.2, 0) is 6.42 Å². The molecule has 1 aromatic carbocycles. The largest absolute Gasteiger partial charge is 0.391 e. The topological polar surface area (TPSA) is 20.2 Å². The van der Waals surface area contributed by atoms with Gasteiger partial charge in [0.2, 0.25) is 0 Å². The molecule has 20 heavy (non-hydrogen) atoms. The summed E-state index contributed by atoms with van der Waals surface area (Å²) in [5.41, 5.74) is -0.881. The fourth-order valence-electron chi connectivity index (χ4n) is 2.81. The third-order valence-corrected chi connectivity index (χ3v) is 4.56. The number of alkyl halides is 3. The molecule has 2 unspecified atom stereocenters. The summed E-state index contributed by atoms with van der Waals surface area (Å²) in [6.07, 6.45) is -3.75. The molecule has 6 heteroatoms. The van der Waals surface area contributed by atoms with Crippen LogP contribution in [0.5, 0.6) is 0 Å². The summed E-state index contributed by atoms with van der Waals surface area (Å²) in [4.78, 5) is 0. The van der Waals surface area contributed by atoms with E-state index < -0.39 is 17.7 Å². The van der Waals surface area contributed by atoms with Crippen LogP contribution < -0.4 is 0 Å². The maximum absolute atomic E-state index is 12.8. The molecule has 1 nitrogen and oxygen atoms in total. The van der Waals surface area contributed by atoms with E-state index in [1.54, 1.807) is 18.2 Å². The fourth-order valence-corrected chi connectivity index (χ4v) is 3.34. The molecule has 0 aliphatic heterocycles. The first-order valence-corrected chi connectivity index (χ1v) is 7.19. The lowest BCUT2D eigenvalue weighted by molar-refractivity contribution is -0.200. The molecule has 0 bridgehead atoms. The molecule has 0 aromatic heterocycles. The molecule has 1 fully saturated rings. The molecule has 1 N–H and O–H groups in total. The van der Waals surface area contributed by atoms with Crippen LogP contribution in [0, 0.1) is 5.92 Å². The van der Waals surface area contributed by atoms with Crippen molar-refractivity contribution in [3.63, 3.8) is 0 Å². The predicted molar refractivity (Wildman–Crippen MR) is 73.1 cm³/mol. The Morgan fingerprint density at radius 3 is 2.40 bits per heavy atom. The van der Waals surface area contributed by atoms with Crippen molar-refractivity contribution in [3.8, 4) is 0 Å². The van der Waals surface area contributed by atoms with Gasteiger partial charge in [0.15, 0.2) is 0 Å². The summed E-state index contributed by atoms with van der Waals surface area (Å²) in [6.45, 7) is 0. The smallest absolute Gasteiger partial charge is 0.390 e. The van der Waals surface area contributed by atoms with Crippen LogP contribution in [0.15, 0.2) is 18.2 Å². The molecule has 1 saturated carbocycles. The summed E-state index contributed by atoms with van der Waals surface area (Å²) >= 11 is 12.0. The second-order valence-corrected chi connectivity index (χ2v) is 6.25. The maximum atomic E-state index is 12.8. The Balaban J connectivity index is 2.19. The number of halogens is 5. The van der Waals surface area contributed by atoms with Crippen molar-refractivity contribution < 1.29 is 18.3 Å². The zero-order chi connectivity index (χ0) is 15.0. The first-order chi connectivity index (χ1) is 9.21. The van der Waals surface area contributed by atoms with E-state index in [0.29, 0.717) is 28.5 Å². The Labute approximate surface area is 125 Å². The molecule has 112 valence electrons. The Kier molecular flexibility index (Phi) is 4.57. The lowest BCUT2D eigenvalue weighted by Gasteiger charge is -2.38. The normalized spacial score (nSPS) is 27.6. The van der Waals surface area contributed by atoms with Crippen LogP contribution in [0.2, 0.25) is 10.0 Å². The van der Waals surface area contributed by atoms with E-state index in [2.05, 4.69) is 0 Å². The van der Waals surface area contributed by atoms with Gasteiger partial charge in [-0.3, -0.25) is 0 Å². The summed E-state index contributed by atoms with van der Waals surface area (Å²) in [5.74, 6) is -1.46. The lowest BCUT2D eigenvalue weighted by Crippen LogP contribution is -2.42. The third kappa shape index (κ3) is 3.60. The van der Waals surface area contributed by atoms with E-state index in [4.69, 9.17) is 23.2 Å². The Morgan fingerprint density at radius 2 is 1.85 bits per heavy atom. The molecule has 2 rings (SSSR count). The number of rotatable bonds is 2. The van der Waals surface area contributed by atoms with Crippen LogP contribution in [0.3, 0.4) is 0 Å². The van der Waals surface area contributed by atoms with Gasteiger partial charge in [0.25, 0.3) is 0 Å². The minimum atomic E-state index is -4.27. The van der Waals surface area contributed by atoms with Gasteiger partial charge in [0, 0.05) is 16.5 Å². The van der Waals surface area contributed by atoms with Crippen LogP contribution in [0.4, 0.5) is 13.2 Å². The summed E-state index contributed by atoms with van der Waals surface area (Å²) in [6, 6.07) is 4.91. The molecule has 0 saturated heterocycles. The highest BCUT2D eigenvalue weighted by molar-refractivity contribution is 6.36. The summed E-state index contributed by atoms with van der Waals surface area (Å²) < 4.78 is 38.5. The number of hydrogen-bond acceptors (Lipinski definition) is 1. The van der Waals surface area contributed by atoms with Crippen LogP contribution in [0.1, 0.15) is 31.2 Å². The molecule has 1 aliphatic rings. The number of aliphatic hydroxyl groups is 1. The van der Waals surface area contributed by atoms with E-state index in [-0.39, 0.29) is 19.3 Å². The SMILES string of the molecule is OC1(Cc2c(Cl)cccc2Cl)CCCC(C(F)(F)F)C1.